The Morgan fingerprint density at radius 1 is 0.963 bits per heavy atom. The molecule has 0 heterocycles. The third-order valence-electron chi connectivity index (χ3n) is 3.26. The standard InChI is InChI=1S/C19H20N2O6/c1-25-12-11-20-19(24)21-17(22)13-26-18(23)15-9-5-6-10-16(15)27-14-7-3-2-4-8-14/h2-10H,11-13H2,1H3,(H2,20,21,22,24). The number of para-hydroxylation sites is 2. The Hall–Kier alpha value is -3.39. The lowest BCUT2D eigenvalue weighted by molar-refractivity contribution is -0.123. The second-order valence-electron chi connectivity index (χ2n) is 5.28. The first kappa shape index (κ1) is 19.9. The van der Waals surface area contributed by atoms with Gasteiger partial charge in [-0.1, -0.05) is 30.3 Å². The van der Waals surface area contributed by atoms with E-state index in [1.165, 1.54) is 13.2 Å². The van der Waals surface area contributed by atoms with Crippen LogP contribution in [0.2, 0.25) is 0 Å². The van der Waals surface area contributed by atoms with Crippen LogP contribution in [0.15, 0.2) is 54.6 Å². The summed E-state index contributed by atoms with van der Waals surface area (Å²) in [5, 5.41) is 4.46. The minimum absolute atomic E-state index is 0.165. The number of carbonyl (C=O) groups excluding carboxylic acids is 3. The zero-order valence-electron chi connectivity index (χ0n) is 14.8. The molecule has 0 aliphatic heterocycles. The lowest BCUT2D eigenvalue weighted by Gasteiger charge is -2.11. The molecule has 0 aliphatic carbocycles. The number of esters is 1. The van der Waals surface area contributed by atoms with E-state index in [0.29, 0.717) is 18.1 Å². The summed E-state index contributed by atoms with van der Waals surface area (Å²) in [7, 11) is 1.49. The zero-order valence-corrected chi connectivity index (χ0v) is 14.8. The topological polar surface area (TPSA) is 103 Å². The van der Waals surface area contributed by atoms with E-state index in [4.69, 9.17) is 14.2 Å². The summed E-state index contributed by atoms with van der Waals surface area (Å²) >= 11 is 0. The lowest BCUT2D eigenvalue weighted by atomic mass is 10.2. The van der Waals surface area contributed by atoms with Crippen LogP contribution in [0.25, 0.3) is 0 Å². The highest BCUT2D eigenvalue weighted by Gasteiger charge is 2.16. The molecule has 0 aromatic heterocycles. The first-order valence-corrected chi connectivity index (χ1v) is 8.16. The van der Waals surface area contributed by atoms with Crippen molar-refractivity contribution in [1.29, 1.82) is 0 Å². The van der Waals surface area contributed by atoms with Gasteiger partial charge in [-0.25, -0.2) is 9.59 Å². The van der Waals surface area contributed by atoms with Gasteiger partial charge in [0.2, 0.25) is 0 Å². The molecule has 0 unspecified atom stereocenters. The van der Waals surface area contributed by atoms with Gasteiger partial charge in [0.1, 0.15) is 17.1 Å². The van der Waals surface area contributed by atoms with Gasteiger partial charge < -0.3 is 19.5 Å². The number of rotatable bonds is 8. The molecule has 3 amide bonds. The molecule has 0 radical (unpaired) electrons. The second-order valence-corrected chi connectivity index (χ2v) is 5.28. The minimum Gasteiger partial charge on any atom is -0.456 e. The molecule has 8 heteroatoms. The number of benzene rings is 2. The fourth-order valence-corrected chi connectivity index (χ4v) is 2.02. The molecule has 2 aromatic rings. The number of amides is 3. The summed E-state index contributed by atoms with van der Waals surface area (Å²) in [5.41, 5.74) is 0.165. The van der Waals surface area contributed by atoms with Crippen molar-refractivity contribution >= 4 is 17.9 Å². The molecule has 2 N–H and O–H groups in total. The number of urea groups is 1. The Balaban J connectivity index is 1.89. The number of nitrogens with one attached hydrogen (secondary N) is 2. The van der Waals surface area contributed by atoms with E-state index in [-0.39, 0.29) is 12.1 Å². The monoisotopic (exact) mass is 372 g/mol. The maximum atomic E-state index is 12.3. The summed E-state index contributed by atoms with van der Waals surface area (Å²) < 4.78 is 15.4. The number of imide groups is 1. The van der Waals surface area contributed by atoms with Crippen LogP contribution in [0.5, 0.6) is 11.5 Å². The molecule has 0 bridgehead atoms. The first-order valence-electron chi connectivity index (χ1n) is 8.16. The highest BCUT2D eigenvalue weighted by molar-refractivity contribution is 5.97. The predicted octanol–water partition coefficient (Wildman–Crippen LogP) is 2.11. The molecule has 27 heavy (non-hydrogen) atoms. The van der Waals surface area contributed by atoms with Gasteiger partial charge in [-0.3, -0.25) is 10.1 Å². The van der Waals surface area contributed by atoms with Crippen LogP contribution in [0.4, 0.5) is 4.79 Å². The van der Waals surface area contributed by atoms with Crippen LogP contribution in [-0.2, 0) is 14.3 Å². The average Bonchev–Trinajstić information content (AvgIpc) is 2.67. The Morgan fingerprint density at radius 2 is 1.67 bits per heavy atom. The SMILES string of the molecule is COCCNC(=O)NC(=O)COC(=O)c1ccccc1Oc1ccccc1. The van der Waals surface area contributed by atoms with E-state index < -0.39 is 24.5 Å². The van der Waals surface area contributed by atoms with Gasteiger partial charge in [0, 0.05) is 13.7 Å². The third kappa shape index (κ3) is 6.79. The number of carbonyl (C=O) groups is 3. The number of methoxy groups -OCH3 is 1. The van der Waals surface area contributed by atoms with E-state index in [1.54, 1.807) is 42.5 Å². The van der Waals surface area contributed by atoms with Crippen molar-refractivity contribution in [3.05, 3.63) is 60.2 Å². The van der Waals surface area contributed by atoms with E-state index in [1.807, 2.05) is 11.4 Å². The van der Waals surface area contributed by atoms with Crippen LogP contribution in [0.3, 0.4) is 0 Å². The highest BCUT2D eigenvalue weighted by Crippen LogP contribution is 2.25. The third-order valence-corrected chi connectivity index (χ3v) is 3.26. The zero-order chi connectivity index (χ0) is 19.5. The Morgan fingerprint density at radius 3 is 2.41 bits per heavy atom. The maximum absolute atomic E-state index is 12.3. The molecule has 0 fully saturated rings. The number of hydrogen-bond acceptors (Lipinski definition) is 6. The molecule has 2 rings (SSSR count). The predicted molar refractivity (Wildman–Crippen MR) is 96.7 cm³/mol. The van der Waals surface area contributed by atoms with Crippen molar-refractivity contribution in [1.82, 2.24) is 10.6 Å². The quantitative estimate of drug-likeness (QED) is 0.543. The van der Waals surface area contributed by atoms with Crippen LogP contribution >= 0.6 is 0 Å². The van der Waals surface area contributed by atoms with E-state index >= 15 is 0 Å². The van der Waals surface area contributed by atoms with Crippen molar-refractivity contribution in [2.45, 2.75) is 0 Å². The second kappa shape index (κ2) is 10.6. The van der Waals surface area contributed by atoms with Gasteiger partial charge >= 0.3 is 12.0 Å². The van der Waals surface area contributed by atoms with Gasteiger partial charge in [0.15, 0.2) is 6.61 Å². The highest BCUT2D eigenvalue weighted by atomic mass is 16.5. The van der Waals surface area contributed by atoms with Crippen LogP contribution < -0.4 is 15.4 Å². The Kier molecular flexibility index (Phi) is 7.80. The smallest absolute Gasteiger partial charge is 0.342 e. The normalized spacial score (nSPS) is 9.96. The van der Waals surface area contributed by atoms with E-state index in [2.05, 4.69) is 5.32 Å². The molecule has 0 aliphatic rings. The molecule has 8 nitrogen and oxygen atoms in total. The molecule has 142 valence electrons. The Bertz CT molecular complexity index is 779. The molecule has 0 atom stereocenters. The minimum atomic E-state index is -0.750. The molecule has 0 saturated heterocycles. The van der Waals surface area contributed by atoms with Crippen molar-refractivity contribution in [3.8, 4) is 11.5 Å². The average molecular weight is 372 g/mol. The summed E-state index contributed by atoms with van der Waals surface area (Å²) in [6.45, 7) is -0.0371. The fourth-order valence-electron chi connectivity index (χ4n) is 2.02. The molecule has 0 saturated carbocycles. The van der Waals surface area contributed by atoms with Crippen molar-refractivity contribution < 1.29 is 28.6 Å². The largest absolute Gasteiger partial charge is 0.456 e. The Labute approximate surface area is 156 Å². The van der Waals surface area contributed by atoms with Gasteiger partial charge in [-0.05, 0) is 24.3 Å². The summed E-state index contributed by atoms with van der Waals surface area (Å²) in [6.07, 6.45) is 0. The number of ether oxygens (including phenoxy) is 3. The van der Waals surface area contributed by atoms with E-state index in [0.717, 1.165) is 0 Å². The van der Waals surface area contributed by atoms with Gasteiger partial charge in [-0.15, -0.1) is 0 Å². The molecule has 2 aromatic carbocycles. The fraction of sp³-hybridized carbons (Fsp3) is 0.211. The molecule has 0 spiro atoms. The first-order chi connectivity index (χ1) is 13.1. The summed E-state index contributed by atoms with van der Waals surface area (Å²) in [4.78, 5) is 35.4. The summed E-state index contributed by atoms with van der Waals surface area (Å²) in [6, 6.07) is 14.8. The van der Waals surface area contributed by atoms with Crippen LogP contribution in [0, 0.1) is 0 Å². The molecular formula is C19H20N2O6. The molecular weight excluding hydrogens is 352 g/mol. The maximum Gasteiger partial charge on any atom is 0.342 e. The van der Waals surface area contributed by atoms with Gasteiger partial charge in [0.05, 0.1) is 6.61 Å². The van der Waals surface area contributed by atoms with Crippen LogP contribution in [-0.4, -0.2) is 44.8 Å². The van der Waals surface area contributed by atoms with Gasteiger partial charge in [0.25, 0.3) is 5.91 Å². The lowest BCUT2D eigenvalue weighted by Crippen LogP contribution is -2.42. The van der Waals surface area contributed by atoms with Crippen molar-refractivity contribution in [2.24, 2.45) is 0 Å². The van der Waals surface area contributed by atoms with Crippen molar-refractivity contribution in [3.63, 3.8) is 0 Å². The summed E-state index contributed by atoms with van der Waals surface area (Å²) in [5.74, 6) is -0.633. The van der Waals surface area contributed by atoms with Gasteiger partial charge in [-0.2, -0.15) is 0 Å². The van der Waals surface area contributed by atoms with E-state index in [9.17, 15) is 14.4 Å². The van der Waals surface area contributed by atoms with Crippen LogP contribution in [0.1, 0.15) is 10.4 Å². The van der Waals surface area contributed by atoms with Crippen molar-refractivity contribution in [2.75, 3.05) is 26.9 Å². The number of hydrogen-bond donors (Lipinski definition) is 2.